The second-order valence-electron chi connectivity index (χ2n) is 26.8. The van der Waals surface area contributed by atoms with Gasteiger partial charge in [0.2, 0.25) is 5.91 Å². The highest BCUT2D eigenvalue weighted by Crippen LogP contribution is 2.33. The molecule has 17 atom stereocenters. The summed E-state index contributed by atoms with van der Waals surface area (Å²) in [5.41, 5.74) is 0. The molecule has 0 aromatic carbocycles. The van der Waals surface area contributed by atoms with E-state index in [2.05, 4.69) is 55.6 Å². The van der Waals surface area contributed by atoms with Crippen LogP contribution < -0.4 is 5.32 Å². The van der Waals surface area contributed by atoms with Gasteiger partial charge in [-0.3, -0.25) is 4.79 Å². The number of carbonyl (C=O) groups is 1. The molecule has 0 aliphatic carbocycles. The summed E-state index contributed by atoms with van der Waals surface area (Å²) in [4.78, 5) is 13.3. The summed E-state index contributed by atoms with van der Waals surface area (Å²) >= 11 is 0. The number of ether oxygens (including phenoxy) is 6. The number of hydrogen-bond acceptors (Lipinski definition) is 18. The first-order valence-corrected chi connectivity index (χ1v) is 37.4. The highest BCUT2D eigenvalue weighted by molar-refractivity contribution is 5.76. The van der Waals surface area contributed by atoms with Gasteiger partial charge in [0, 0.05) is 6.42 Å². The number of allylic oxidation sites excluding steroid dienone is 7. The number of hydrogen-bond donors (Lipinski definition) is 12. The van der Waals surface area contributed by atoms with Gasteiger partial charge in [-0.15, -0.1) is 0 Å². The van der Waals surface area contributed by atoms with Crippen LogP contribution >= 0.6 is 0 Å². The first-order chi connectivity index (χ1) is 45.3. The van der Waals surface area contributed by atoms with Gasteiger partial charge in [0.15, 0.2) is 18.9 Å². The normalized spacial score (nSPS) is 27.8. The SMILES string of the molecule is CCCCCCC/C=C\C/C=C\C/C=C\CCCCCCCCCCCCCCCCCCCCCCCCCCCCC(=O)NC(COC1OC(CO)C(OC2OC(CO)C(OC3OC(CO)C(O)C(O)C3O)C(O)C2O)C(O)C1O)C(O)/C=C/CCCCCCC. The Hall–Kier alpha value is -2.25. The van der Waals surface area contributed by atoms with Crippen LogP contribution in [0, 0.1) is 0 Å². The minimum absolute atomic E-state index is 0.246. The largest absolute Gasteiger partial charge is 0.394 e. The number of unbranched alkanes of at least 4 members (excludes halogenated alkanes) is 36. The van der Waals surface area contributed by atoms with E-state index in [4.69, 9.17) is 28.4 Å². The minimum atomic E-state index is -1.98. The van der Waals surface area contributed by atoms with Crippen molar-refractivity contribution < 1.29 is 89.4 Å². The van der Waals surface area contributed by atoms with Crippen LogP contribution in [0.3, 0.4) is 0 Å². The van der Waals surface area contributed by atoms with Crippen LogP contribution in [-0.2, 0) is 33.2 Å². The maximum Gasteiger partial charge on any atom is 0.220 e. The van der Waals surface area contributed by atoms with Crippen LogP contribution in [0.4, 0.5) is 0 Å². The van der Waals surface area contributed by atoms with E-state index in [1.807, 2.05) is 6.08 Å². The number of nitrogens with one attached hydrogen (secondary N) is 1. The van der Waals surface area contributed by atoms with E-state index in [1.54, 1.807) is 6.08 Å². The molecule has 3 fully saturated rings. The summed E-state index contributed by atoms with van der Waals surface area (Å²) in [6, 6.07) is -0.968. The molecule has 19 nitrogen and oxygen atoms in total. The quantitative estimate of drug-likeness (QED) is 0.0199. The van der Waals surface area contributed by atoms with E-state index in [0.717, 1.165) is 70.6 Å². The van der Waals surface area contributed by atoms with E-state index in [-0.39, 0.29) is 18.9 Å². The summed E-state index contributed by atoms with van der Waals surface area (Å²) < 4.78 is 34.2. The fraction of sp³-hybridized carbons (Fsp3) is 0.878. The van der Waals surface area contributed by atoms with Gasteiger partial charge in [0.25, 0.3) is 0 Å². The minimum Gasteiger partial charge on any atom is -0.394 e. The van der Waals surface area contributed by atoms with Crippen molar-refractivity contribution in [2.75, 3.05) is 26.4 Å². The monoisotopic (exact) mass is 1330 g/mol. The van der Waals surface area contributed by atoms with E-state index < -0.39 is 124 Å². The molecule has 0 radical (unpaired) electrons. The van der Waals surface area contributed by atoms with Crippen molar-refractivity contribution in [3.63, 3.8) is 0 Å². The van der Waals surface area contributed by atoms with Gasteiger partial charge in [-0.2, -0.15) is 0 Å². The average Bonchev–Trinajstić information content (AvgIpc) is 0.798. The predicted molar refractivity (Wildman–Crippen MR) is 365 cm³/mol. The molecule has 3 aliphatic rings. The van der Waals surface area contributed by atoms with Gasteiger partial charge in [-0.05, 0) is 57.8 Å². The molecule has 0 saturated carbocycles. The van der Waals surface area contributed by atoms with Crippen LogP contribution in [0.25, 0.3) is 0 Å². The standard InChI is InChI=1S/C74H135NO18/c1-3-5-7-9-11-12-13-14-15-16-17-18-19-20-21-22-23-24-25-26-27-28-29-30-31-32-33-34-35-36-37-38-39-40-41-42-43-44-46-48-50-52-62(80)75-57(58(79)51-49-47-45-10-8-6-4-2)56-88-72-68(86)65(83)70(60(54-77)90-72)93-74-69(87)66(84)71(61(55-78)91-74)92-73-67(85)64(82)63(81)59(53-76)89-73/h13-14,16-17,19-20,49,51,57-61,63-74,76-79,81-87H,3-12,15,18,21-48,50,52-56H2,1-2H3,(H,75,80)/b14-13-,17-16-,20-19-,51-49+. The van der Waals surface area contributed by atoms with Gasteiger partial charge in [0.05, 0.1) is 38.6 Å². The topological polar surface area (TPSA) is 307 Å². The van der Waals surface area contributed by atoms with Crippen LogP contribution in [0.15, 0.2) is 48.6 Å². The van der Waals surface area contributed by atoms with E-state index in [0.29, 0.717) is 6.42 Å². The third-order valence-electron chi connectivity index (χ3n) is 18.6. The van der Waals surface area contributed by atoms with E-state index in [1.165, 1.54) is 186 Å². The van der Waals surface area contributed by atoms with Gasteiger partial charge < -0.3 is 89.9 Å². The Bertz CT molecular complexity index is 1870. The summed E-state index contributed by atoms with van der Waals surface area (Å²) in [6.45, 7) is 1.65. The molecule has 3 rings (SSSR count). The fourth-order valence-corrected chi connectivity index (χ4v) is 12.6. The number of aliphatic hydroxyl groups excluding tert-OH is 11. The molecular weight excluding hydrogens is 1190 g/mol. The van der Waals surface area contributed by atoms with Gasteiger partial charge in [0.1, 0.15) is 73.2 Å². The van der Waals surface area contributed by atoms with Gasteiger partial charge in [-0.1, -0.05) is 268 Å². The Labute approximate surface area is 561 Å². The molecule has 3 saturated heterocycles. The zero-order chi connectivity index (χ0) is 67.5. The molecule has 93 heavy (non-hydrogen) atoms. The van der Waals surface area contributed by atoms with Crippen molar-refractivity contribution in [3.8, 4) is 0 Å². The molecule has 0 aromatic rings. The van der Waals surface area contributed by atoms with Crippen LogP contribution in [0.2, 0.25) is 0 Å². The predicted octanol–water partition coefficient (Wildman–Crippen LogP) is 10.9. The summed E-state index contributed by atoms with van der Waals surface area (Å²) in [5, 5.41) is 120. The second-order valence-corrected chi connectivity index (χ2v) is 26.8. The molecule has 12 N–H and O–H groups in total. The molecule has 17 unspecified atom stereocenters. The van der Waals surface area contributed by atoms with Gasteiger partial charge in [-0.25, -0.2) is 0 Å². The lowest BCUT2D eigenvalue weighted by Crippen LogP contribution is -2.66. The summed E-state index contributed by atoms with van der Waals surface area (Å²) in [5.74, 6) is -0.276. The molecular formula is C74H135NO18. The number of aliphatic hydroxyl groups is 11. The smallest absolute Gasteiger partial charge is 0.220 e. The Morgan fingerprint density at radius 2 is 0.710 bits per heavy atom. The van der Waals surface area contributed by atoms with Crippen molar-refractivity contribution in [2.24, 2.45) is 0 Å². The third kappa shape index (κ3) is 37.0. The number of amides is 1. The maximum atomic E-state index is 13.3. The van der Waals surface area contributed by atoms with Crippen molar-refractivity contribution >= 4 is 5.91 Å². The Morgan fingerprint density at radius 3 is 1.11 bits per heavy atom. The second kappa shape index (κ2) is 55.6. The summed E-state index contributed by atoms with van der Waals surface area (Å²) in [7, 11) is 0. The van der Waals surface area contributed by atoms with E-state index in [9.17, 15) is 61.0 Å². The lowest BCUT2D eigenvalue weighted by molar-refractivity contribution is -0.379. The molecule has 0 spiro atoms. The number of rotatable bonds is 58. The highest BCUT2D eigenvalue weighted by atomic mass is 16.8. The third-order valence-corrected chi connectivity index (χ3v) is 18.6. The molecule has 544 valence electrons. The molecule has 3 heterocycles. The Morgan fingerprint density at radius 1 is 0.387 bits per heavy atom. The molecule has 0 bridgehead atoms. The van der Waals surface area contributed by atoms with E-state index >= 15 is 0 Å². The zero-order valence-corrected chi connectivity index (χ0v) is 57.7. The lowest BCUT2D eigenvalue weighted by atomic mass is 9.96. The Balaban J connectivity index is 1.22. The van der Waals surface area contributed by atoms with Crippen molar-refractivity contribution in [1.29, 1.82) is 0 Å². The van der Waals surface area contributed by atoms with Crippen molar-refractivity contribution in [2.45, 2.75) is 388 Å². The first kappa shape index (κ1) is 85.0. The molecule has 0 aromatic heterocycles. The lowest BCUT2D eigenvalue weighted by Gasteiger charge is -2.48. The van der Waals surface area contributed by atoms with Crippen LogP contribution in [0.5, 0.6) is 0 Å². The molecule has 3 aliphatic heterocycles. The van der Waals surface area contributed by atoms with Crippen molar-refractivity contribution in [1.82, 2.24) is 5.32 Å². The van der Waals surface area contributed by atoms with Crippen LogP contribution in [0.1, 0.15) is 284 Å². The fourth-order valence-electron chi connectivity index (χ4n) is 12.6. The zero-order valence-electron chi connectivity index (χ0n) is 57.7. The summed E-state index contributed by atoms with van der Waals surface area (Å²) in [6.07, 6.45) is 41.9. The van der Waals surface area contributed by atoms with Crippen LogP contribution in [-0.4, -0.2) is 193 Å². The highest BCUT2D eigenvalue weighted by Gasteiger charge is 2.53. The Kier molecular flexibility index (Phi) is 50.8. The average molecular weight is 1330 g/mol. The molecule has 19 heteroatoms. The molecule has 1 amide bonds. The van der Waals surface area contributed by atoms with Crippen molar-refractivity contribution in [3.05, 3.63) is 48.6 Å². The maximum absolute atomic E-state index is 13.3. The first-order valence-electron chi connectivity index (χ1n) is 37.4. The van der Waals surface area contributed by atoms with Gasteiger partial charge >= 0.3 is 0 Å². The number of carbonyl (C=O) groups excluding carboxylic acids is 1.